The second-order valence-corrected chi connectivity index (χ2v) is 5.22. The molecule has 1 aliphatic carbocycles. The fraction of sp³-hybridized carbons (Fsp3) is 0.353. The molecule has 0 bridgehead atoms. The van der Waals surface area contributed by atoms with Crippen LogP contribution in [0.4, 0.5) is 0 Å². The first-order valence-corrected chi connectivity index (χ1v) is 7.09. The highest BCUT2D eigenvalue weighted by Crippen LogP contribution is 2.21. The summed E-state index contributed by atoms with van der Waals surface area (Å²) in [6.07, 6.45) is 5.23. The van der Waals surface area contributed by atoms with Crippen LogP contribution in [0.15, 0.2) is 42.6 Å². The van der Waals surface area contributed by atoms with Gasteiger partial charge < -0.3 is 5.32 Å². The molecule has 2 heteroatoms. The molecule has 0 saturated heterocycles. The predicted molar refractivity (Wildman–Crippen MR) is 78.1 cm³/mol. The van der Waals surface area contributed by atoms with Gasteiger partial charge in [0.25, 0.3) is 0 Å². The van der Waals surface area contributed by atoms with Crippen molar-refractivity contribution in [2.75, 3.05) is 0 Å². The Labute approximate surface area is 114 Å². The zero-order valence-corrected chi connectivity index (χ0v) is 11.4. The van der Waals surface area contributed by atoms with E-state index in [4.69, 9.17) is 0 Å². The van der Waals surface area contributed by atoms with Crippen molar-refractivity contribution >= 4 is 0 Å². The van der Waals surface area contributed by atoms with E-state index < -0.39 is 0 Å². The highest BCUT2D eigenvalue weighted by molar-refractivity contribution is 5.33. The van der Waals surface area contributed by atoms with Crippen molar-refractivity contribution in [1.29, 1.82) is 0 Å². The molecular formula is C17H20N2. The summed E-state index contributed by atoms with van der Waals surface area (Å²) in [5.41, 5.74) is 5.54. The molecule has 3 rings (SSSR count). The summed E-state index contributed by atoms with van der Waals surface area (Å²) in [4.78, 5) is 4.50. The highest BCUT2D eigenvalue weighted by Gasteiger charge is 2.20. The van der Waals surface area contributed by atoms with Crippen LogP contribution in [0.2, 0.25) is 0 Å². The SMILES string of the molecule is CCc1cccnc1CNC1Cc2ccccc2C1. The summed E-state index contributed by atoms with van der Waals surface area (Å²) in [7, 11) is 0. The van der Waals surface area contributed by atoms with E-state index in [0.717, 1.165) is 25.8 Å². The van der Waals surface area contributed by atoms with Crippen LogP contribution in [-0.4, -0.2) is 11.0 Å². The quantitative estimate of drug-likeness (QED) is 0.905. The molecule has 0 unspecified atom stereocenters. The van der Waals surface area contributed by atoms with Crippen molar-refractivity contribution < 1.29 is 0 Å². The second-order valence-electron chi connectivity index (χ2n) is 5.22. The van der Waals surface area contributed by atoms with Crippen LogP contribution in [0.25, 0.3) is 0 Å². The van der Waals surface area contributed by atoms with Crippen LogP contribution in [0.1, 0.15) is 29.3 Å². The molecule has 2 nitrogen and oxygen atoms in total. The molecule has 98 valence electrons. The molecule has 0 saturated carbocycles. The first-order valence-electron chi connectivity index (χ1n) is 7.09. The van der Waals surface area contributed by atoms with Gasteiger partial charge in [-0.25, -0.2) is 0 Å². The lowest BCUT2D eigenvalue weighted by Gasteiger charge is -2.13. The Hall–Kier alpha value is -1.67. The minimum atomic E-state index is 0.559. The molecule has 19 heavy (non-hydrogen) atoms. The highest BCUT2D eigenvalue weighted by atomic mass is 14.9. The van der Waals surface area contributed by atoms with E-state index in [9.17, 15) is 0 Å². The van der Waals surface area contributed by atoms with E-state index in [1.807, 2.05) is 12.3 Å². The fourth-order valence-electron chi connectivity index (χ4n) is 2.90. The molecule has 0 fully saturated rings. The lowest BCUT2D eigenvalue weighted by Crippen LogP contribution is -2.29. The number of fused-ring (bicyclic) bond motifs is 1. The summed E-state index contributed by atoms with van der Waals surface area (Å²) in [5, 5.41) is 3.66. The van der Waals surface area contributed by atoms with Gasteiger partial charge in [-0.15, -0.1) is 0 Å². The Kier molecular flexibility index (Phi) is 3.60. The number of aryl methyl sites for hydroxylation is 1. The molecule has 0 aliphatic heterocycles. The van der Waals surface area contributed by atoms with Crippen molar-refractivity contribution in [3.8, 4) is 0 Å². The number of aromatic nitrogens is 1. The van der Waals surface area contributed by atoms with Gasteiger partial charge in [0, 0.05) is 18.8 Å². The standard InChI is InChI=1S/C17H20N2/c1-2-13-8-5-9-18-17(13)12-19-16-10-14-6-3-4-7-15(14)11-16/h3-9,16,19H,2,10-12H2,1H3. The van der Waals surface area contributed by atoms with Gasteiger partial charge in [-0.1, -0.05) is 37.3 Å². The normalized spacial score (nSPS) is 14.6. The van der Waals surface area contributed by atoms with Crippen LogP contribution in [-0.2, 0) is 25.8 Å². The van der Waals surface area contributed by atoms with Crippen molar-refractivity contribution in [3.05, 3.63) is 65.0 Å². The monoisotopic (exact) mass is 252 g/mol. The third kappa shape index (κ3) is 2.69. The molecule has 1 aliphatic rings. The molecule has 0 amide bonds. The van der Waals surface area contributed by atoms with Gasteiger partial charge in [-0.2, -0.15) is 0 Å². The third-order valence-corrected chi connectivity index (χ3v) is 3.97. The predicted octanol–water partition coefficient (Wildman–Crippen LogP) is 2.90. The van der Waals surface area contributed by atoms with Gasteiger partial charge in [-0.3, -0.25) is 4.98 Å². The van der Waals surface area contributed by atoms with Crippen molar-refractivity contribution in [3.63, 3.8) is 0 Å². The van der Waals surface area contributed by atoms with E-state index >= 15 is 0 Å². The zero-order chi connectivity index (χ0) is 13.1. The van der Waals surface area contributed by atoms with Crippen molar-refractivity contribution in [1.82, 2.24) is 10.3 Å². The number of nitrogens with one attached hydrogen (secondary N) is 1. The molecule has 1 heterocycles. The Bertz CT molecular complexity index is 538. The van der Waals surface area contributed by atoms with E-state index in [0.29, 0.717) is 6.04 Å². The summed E-state index contributed by atoms with van der Waals surface area (Å²) in [6, 6.07) is 13.5. The van der Waals surface area contributed by atoms with Crippen LogP contribution < -0.4 is 5.32 Å². The maximum Gasteiger partial charge on any atom is 0.0573 e. The van der Waals surface area contributed by atoms with Gasteiger partial charge in [-0.05, 0) is 42.0 Å². The van der Waals surface area contributed by atoms with Gasteiger partial charge >= 0.3 is 0 Å². The first kappa shape index (κ1) is 12.4. The number of pyridine rings is 1. The van der Waals surface area contributed by atoms with Crippen LogP contribution >= 0.6 is 0 Å². The molecule has 0 radical (unpaired) electrons. The summed E-state index contributed by atoms with van der Waals surface area (Å²) in [6.45, 7) is 3.06. The summed E-state index contributed by atoms with van der Waals surface area (Å²) in [5.74, 6) is 0. The van der Waals surface area contributed by atoms with E-state index in [2.05, 4.69) is 47.6 Å². The van der Waals surface area contributed by atoms with E-state index in [1.165, 1.54) is 22.4 Å². The van der Waals surface area contributed by atoms with Crippen molar-refractivity contribution in [2.24, 2.45) is 0 Å². The van der Waals surface area contributed by atoms with E-state index in [-0.39, 0.29) is 0 Å². The van der Waals surface area contributed by atoms with Gasteiger partial charge in [0.1, 0.15) is 0 Å². The molecule has 1 N–H and O–H groups in total. The van der Waals surface area contributed by atoms with Crippen LogP contribution in [0, 0.1) is 0 Å². The number of nitrogens with zero attached hydrogens (tertiary/aromatic N) is 1. The average Bonchev–Trinajstić information content (AvgIpc) is 2.88. The van der Waals surface area contributed by atoms with Crippen LogP contribution in [0.3, 0.4) is 0 Å². The minimum Gasteiger partial charge on any atom is -0.308 e. The Morgan fingerprint density at radius 1 is 1.11 bits per heavy atom. The first-order chi connectivity index (χ1) is 9.36. The van der Waals surface area contributed by atoms with E-state index in [1.54, 1.807) is 0 Å². The zero-order valence-electron chi connectivity index (χ0n) is 11.4. The van der Waals surface area contributed by atoms with Crippen LogP contribution in [0.5, 0.6) is 0 Å². The van der Waals surface area contributed by atoms with Gasteiger partial charge in [0.15, 0.2) is 0 Å². The Morgan fingerprint density at radius 2 is 1.84 bits per heavy atom. The lowest BCUT2D eigenvalue weighted by molar-refractivity contribution is 0.526. The largest absolute Gasteiger partial charge is 0.308 e. The van der Waals surface area contributed by atoms with Gasteiger partial charge in [0.2, 0.25) is 0 Å². The molecule has 1 aromatic heterocycles. The number of hydrogen-bond donors (Lipinski definition) is 1. The molecule has 0 atom stereocenters. The number of hydrogen-bond acceptors (Lipinski definition) is 2. The molecular weight excluding hydrogens is 232 g/mol. The number of rotatable bonds is 4. The summed E-state index contributed by atoms with van der Waals surface area (Å²) < 4.78 is 0. The molecule has 2 aromatic rings. The topological polar surface area (TPSA) is 24.9 Å². The molecule has 0 spiro atoms. The average molecular weight is 252 g/mol. The molecule has 1 aromatic carbocycles. The third-order valence-electron chi connectivity index (χ3n) is 3.97. The fourth-order valence-corrected chi connectivity index (χ4v) is 2.90. The smallest absolute Gasteiger partial charge is 0.0573 e. The second kappa shape index (κ2) is 5.54. The maximum atomic E-state index is 4.50. The van der Waals surface area contributed by atoms with Crippen molar-refractivity contribution in [2.45, 2.75) is 38.8 Å². The Morgan fingerprint density at radius 3 is 2.53 bits per heavy atom. The minimum absolute atomic E-state index is 0.559. The maximum absolute atomic E-state index is 4.50. The number of benzene rings is 1. The Balaban J connectivity index is 1.63. The van der Waals surface area contributed by atoms with Gasteiger partial charge in [0.05, 0.1) is 5.69 Å². The lowest BCUT2D eigenvalue weighted by atomic mass is 10.1. The summed E-state index contributed by atoms with van der Waals surface area (Å²) >= 11 is 0.